The number of hydrogen-bond acceptors (Lipinski definition) is 4. The summed E-state index contributed by atoms with van der Waals surface area (Å²) in [6, 6.07) is 8.45. The van der Waals surface area contributed by atoms with Crippen molar-refractivity contribution < 1.29 is 4.74 Å². The molecule has 0 aliphatic rings. The topological polar surface area (TPSA) is 66.0 Å². The molecule has 0 fully saturated rings. The molecule has 0 atom stereocenters. The molecule has 20 heavy (non-hydrogen) atoms. The highest BCUT2D eigenvalue weighted by Crippen LogP contribution is 2.22. The molecule has 5 nitrogen and oxygen atoms in total. The van der Waals surface area contributed by atoms with E-state index in [-0.39, 0.29) is 0 Å². The van der Waals surface area contributed by atoms with Crippen LogP contribution in [0, 0.1) is 0 Å². The molecule has 2 rings (SSSR count). The highest BCUT2D eigenvalue weighted by molar-refractivity contribution is 5.56. The molecule has 0 amide bonds. The largest absolute Gasteiger partial charge is 0.383 e. The van der Waals surface area contributed by atoms with Gasteiger partial charge in [-0.1, -0.05) is 38.1 Å². The third kappa shape index (κ3) is 3.05. The Morgan fingerprint density at radius 1 is 1.20 bits per heavy atom. The zero-order valence-electron chi connectivity index (χ0n) is 12.3. The first-order chi connectivity index (χ1) is 9.67. The van der Waals surface area contributed by atoms with Crippen LogP contribution in [0.15, 0.2) is 24.3 Å². The van der Waals surface area contributed by atoms with Crippen molar-refractivity contribution in [1.82, 2.24) is 14.8 Å². The second kappa shape index (κ2) is 6.63. The van der Waals surface area contributed by atoms with Gasteiger partial charge in [0.1, 0.15) is 5.82 Å². The van der Waals surface area contributed by atoms with E-state index < -0.39 is 0 Å². The van der Waals surface area contributed by atoms with E-state index in [9.17, 15) is 0 Å². The molecular weight excluding hydrogens is 252 g/mol. The number of benzene rings is 1. The number of hydrogen-bond donors (Lipinski definition) is 1. The highest BCUT2D eigenvalue weighted by Gasteiger charge is 2.12. The molecule has 0 bridgehead atoms. The van der Waals surface area contributed by atoms with Crippen molar-refractivity contribution in [2.75, 3.05) is 13.7 Å². The number of rotatable bonds is 6. The van der Waals surface area contributed by atoms with Crippen molar-refractivity contribution in [3.8, 4) is 11.4 Å². The summed E-state index contributed by atoms with van der Waals surface area (Å²) in [6.45, 7) is 6.06. The molecule has 0 radical (unpaired) electrons. The lowest BCUT2D eigenvalue weighted by molar-refractivity contribution is 0.186. The average molecular weight is 274 g/mol. The van der Waals surface area contributed by atoms with Gasteiger partial charge in [0.25, 0.3) is 0 Å². The summed E-state index contributed by atoms with van der Waals surface area (Å²) in [4.78, 5) is 0. The van der Waals surface area contributed by atoms with Crippen LogP contribution in [0.4, 0.5) is 0 Å². The molecule has 0 aliphatic heterocycles. The number of aromatic nitrogens is 3. The number of ether oxygens (including phenoxy) is 1. The van der Waals surface area contributed by atoms with Gasteiger partial charge in [0.05, 0.1) is 13.2 Å². The zero-order valence-corrected chi connectivity index (χ0v) is 12.3. The summed E-state index contributed by atoms with van der Waals surface area (Å²) in [5.41, 5.74) is 8.08. The van der Waals surface area contributed by atoms with Crippen molar-refractivity contribution >= 4 is 0 Å². The van der Waals surface area contributed by atoms with Crippen LogP contribution in [0.25, 0.3) is 11.4 Å². The van der Waals surface area contributed by atoms with Crippen LogP contribution in [-0.2, 0) is 17.8 Å². The Morgan fingerprint density at radius 3 is 2.45 bits per heavy atom. The Balaban J connectivity index is 2.33. The van der Waals surface area contributed by atoms with Crippen LogP contribution in [0.3, 0.4) is 0 Å². The average Bonchev–Trinajstić information content (AvgIpc) is 2.88. The summed E-state index contributed by atoms with van der Waals surface area (Å²) in [6.07, 6.45) is 0. The Kier molecular flexibility index (Phi) is 4.87. The van der Waals surface area contributed by atoms with Gasteiger partial charge in [-0.3, -0.25) is 0 Å². The summed E-state index contributed by atoms with van der Waals surface area (Å²) in [5, 5.41) is 8.42. The predicted molar refractivity (Wildman–Crippen MR) is 79.3 cm³/mol. The Hall–Kier alpha value is -1.72. The van der Waals surface area contributed by atoms with Gasteiger partial charge in [-0.05, 0) is 11.5 Å². The van der Waals surface area contributed by atoms with Gasteiger partial charge >= 0.3 is 0 Å². The second-order valence-electron chi connectivity index (χ2n) is 5.07. The van der Waals surface area contributed by atoms with Crippen LogP contribution in [0.5, 0.6) is 0 Å². The SMILES string of the molecule is COCCn1c(CN)nnc1-c1ccc(C(C)C)cc1. The molecule has 0 saturated carbocycles. The van der Waals surface area contributed by atoms with Gasteiger partial charge in [-0.15, -0.1) is 10.2 Å². The van der Waals surface area contributed by atoms with Gasteiger partial charge < -0.3 is 15.0 Å². The smallest absolute Gasteiger partial charge is 0.164 e. The lowest BCUT2D eigenvalue weighted by Gasteiger charge is -2.10. The van der Waals surface area contributed by atoms with Crippen LogP contribution < -0.4 is 5.73 Å². The van der Waals surface area contributed by atoms with Gasteiger partial charge in [0, 0.05) is 19.2 Å². The fraction of sp³-hybridized carbons (Fsp3) is 0.467. The summed E-state index contributed by atoms with van der Waals surface area (Å²) in [5.74, 6) is 2.15. The normalized spacial score (nSPS) is 11.2. The molecule has 0 spiro atoms. The van der Waals surface area contributed by atoms with Crippen LogP contribution in [-0.4, -0.2) is 28.5 Å². The van der Waals surface area contributed by atoms with E-state index in [4.69, 9.17) is 10.5 Å². The number of methoxy groups -OCH3 is 1. The molecule has 108 valence electrons. The monoisotopic (exact) mass is 274 g/mol. The third-order valence-corrected chi connectivity index (χ3v) is 3.36. The molecular formula is C15H22N4O. The Labute approximate surface area is 119 Å². The molecule has 0 aliphatic carbocycles. The van der Waals surface area contributed by atoms with Crippen LogP contribution in [0.1, 0.15) is 31.2 Å². The first-order valence-electron chi connectivity index (χ1n) is 6.88. The third-order valence-electron chi connectivity index (χ3n) is 3.36. The van der Waals surface area contributed by atoms with E-state index in [0.717, 1.165) is 17.2 Å². The van der Waals surface area contributed by atoms with Crippen molar-refractivity contribution in [2.24, 2.45) is 5.73 Å². The number of nitrogens with two attached hydrogens (primary N) is 1. The van der Waals surface area contributed by atoms with Gasteiger partial charge in [0.2, 0.25) is 0 Å². The predicted octanol–water partition coefficient (Wildman–Crippen LogP) is 2.17. The summed E-state index contributed by atoms with van der Waals surface area (Å²) in [7, 11) is 1.68. The molecule has 0 unspecified atom stereocenters. The fourth-order valence-corrected chi connectivity index (χ4v) is 2.13. The molecule has 2 aromatic rings. The van der Waals surface area contributed by atoms with Crippen molar-refractivity contribution in [1.29, 1.82) is 0 Å². The molecule has 5 heteroatoms. The van der Waals surface area contributed by atoms with Crippen LogP contribution >= 0.6 is 0 Å². The maximum atomic E-state index is 5.71. The van der Waals surface area contributed by atoms with Crippen molar-refractivity contribution in [2.45, 2.75) is 32.9 Å². The summed E-state index contributed by atoms with van der Waals surface area (Å²) < 4.78 is 7.16. The molecule has 1 aromatic heterocycles. The fourth-order valence-electron chi connectivity index (χ4n) is 2.13. The van der Waals surface area contributed by atoms with Crippen LogP contribution in [0.2, 0.25) is 0 Å². The van der Waals surface area contributed by atoms with E-state index >= 15 is 0 Å². The quantitative estimate of drug-likeness (QED) is 0.876. The lowest BCUT2D eigenvalue weighted by atomic mass is 10.0. The molecule has 0 saturated heterocycles. The van der Waals surface area contributed by atoms with E-state index in [1.165, 1.54) is 5.56 Å². The minimum atomic E-state index is 0.376. The van der Waals surface area contributed by atoms with Gasteiger partial charge in [-0.2, -0.15) is 0 Å². The van der Waals surface area contributed by atoms with E-state index in [2.05, 4.69) is 48.3 Å². The maximum absolute atomic E-state index is 5.71. The first kappa shape index (κ1) is 14.7. The molecule has 1 aromatic carbocycles. The molecule has 1 heterocycles. The van der Waals surface area contributed by atoms with Gasteiger partial charge in [-0.25, -0.2) is 0 Å². The zero-order chi connectivity index (χ0) is 14.5. The van der Waals surface area contributed by atoms with E-state index in [1.54, 1.807) is 7.11 Å². The first-order valence-corrected chi connectivity index (χ1v) is 6.88. The second-order valence-corrected chi connectivity index (χ2v) is 5.07. The lowest BCUT2D eigenvalue weighted by Crippen LogP contribution is -2.12. The Bertz CT molecular complexity index is 546. The van der Waals surface area contributed by atoms with Crippen molar-refractivity contribution in [3.63, 3.8) is 0 Å². The highest BCUT2D eigenvalue weighted by atomic mass is 16.5. The minimum Gasteiger partial charge on any atom is -0.383 e. The maximum Gasteiger partial charge on any atom is 0.164 e. The summed E-state index contributed by atoms with van der Waals surface area (Å²) >= 11 is 0. The van der Waals surface area contributed by atoms with E-state index in [1.807, 2.05) is 4.57 Å². The standard InChI is InChI=1S/C15H22N4O/c1-11(2)12-4-6-13(7-5-12)15-18-17-14(10-16)19(15)8-9-20-3/h4-7,11H,8-10,16H2,1-3H3. The van der Waals surface area contributed by atoms with Gasteiger partial charge in [0.15, 0.2) is 5.82 Å². The number of nitrogens with zero attached hydrogens (tertiary/aromatic N) is 3. The van der Waals surface area contributed by atoms with E-state index in [0.29, 0.717) is 25.6 Å². The Morgan fingerprint density at radius 2 is 1.90 bits per heavy atom. The van der Waals surface area contributed by atoms with Crippen molar-refractivity contribution in [3.05, 3.63) is 35.7 Å². The minimum absolute atomic E-state index is 0.376. The molecule has 2 N–H and O–H groups in total.